The minimum Gasteiger partial charge on any atom is -0.437 e. The van der Waals surface area contributed by atoms with Crippen molar-refractivity contribution >= 4 is 11.8 Å². The predicted octanol–water partition coefficient (Wildman–Crippen LogP) is 4.82. The third-order valence-electron chi connectivity index (χ3n) is 3.19. The number of hydrogen-bond donors (Lipinski definition) is 0. The first-order chi connectivity index (χ1) is 9.50. The van der Waals surface area contributed by atoms with Crippen molar-refractivity contribution in [1.82, 2.24) is 0 Å². The Morgan fingerprint density at radius 2 is 1.62 bits per heavy atom. The molecule has 0 fully saturated rings. The highest BCUT2D eigenvalue weighted by Crippen LogP contribution is 2.42. The number of carbonyl (C=O) groups excluding carboxylic acids is 1. The molecule has 0 radical (unpaired) electrons. The smallest absolute Gasteiger partial charge is 0.437 e. The summed E-state index contributed by atoms with van der Waals surface area (Å²) in [5.74, 6) is 0.164. The maximum Gasteiger partial charge on any atom is 0.513 e. The number of hydrogen-bond acceptors (Lipinski definition) is 5. The Bertz CT molecular complexity index is 551. The second-order valence-electron chi connectivity index (χ2n) is 7.02. The van der Waals surface area contributed by atoms with Crippen LogP contribution in [0.5, 0.6) is 5.75 Å². The predicted molar refractivity (Wildman–Crippen MR) is 82.3 cm³/mol. The minimum absolute atomic E-state index is 0.109. The van der Waals surface area contributed by atoms with Gasteiger partial charge < -0.3 is 9.47 Å². The lowest BCUT2D eigenvalue weighted by atomic mass is 9.80. The van der Waals surface area contributed by atoms with Crippen molar-refractivity contribution in [3.63, 3.8) is 0 Å². The van der Waals surface area contributed by atoms with Gasteiger partial charge in [0.25, 0.3) is 0 Å². The summed E-state index contributed by atoms with van der Waals surface area (Å²) in [6.07, 6.45) is -0.867. The highest BCUT2D eigenvalue weighted by Gasteiger charge is 2.28. The van der Waals surface area contributed by atoms with Crippen LogP contribution in [0, 0.1) is 4.91 Å². The van der Waals surface area contributed by atoms with Crippen LogP contribution in [-0.2, 0) is 15.6 Å². The quantitative estimate of drug-likeness (QED) is 0.445. The molecule has 116 valence electrons. The van der Waals surface area contributed by atoms with Gasteiger partial charge in [-0.1, -0.05) is 47.6 Å². The van der Waals surface area contributed by atoms with Crippen LogP contribution in [0.3, 0.4) is 0 Å². The molecule has 0 aliphatic carbocycles. The maximum absolute atomic E-state index is 11.4. The van der Waals surface area contributed by atoms with E-state index in [2.05, 4.69) is 9.91 Å². The van der Waals surface area contributed by atoms with Crippen molar-refractivity contribution in [2.24, 2.45) is 5.18 Å². The van der Waals surface area contributed by atoms with Crippen molar-refractivity contribution in [1.29, 1.82) is 0 Å². The Labute approximate surface area is 125 Å². The molecule has 5 heteroatoms. The number of carbonyl (C=O) groups is 1. The van der Waals surface area contributed by atoms with E-state index >= 15 is 0 Å². The third kappa shape index (κ3) is 4.03. The number of benzene rings is 1. The number of rotatable bonds is 2. The molecule has 0 atom stereocenters. The fraction of sp³-hybridized carbons (Fsp3) is 0.562. The Morgan fingerprint density at radius 3 is 2.00 bits per heavy atom. The SMILES string of the molecule is COC(=O)Oc1c(N=O)cc(C(C)(C)C)cc1C(C)(C)C. The molecule has 1 rings (SSSR count). The van der Waals surface area contributed by atoms with Crippen molar-refractivity contribution < 1.29 is 14.3 Å². The number of nitrogens with zero attached hydrogens (tertiary/aromatic N) is 1. The first-order valence-electron chi connectivity index (χ1n) is 6.79. The average molecular weight is 293 g/mol. The van der Waals surface area contributed by atoms with E-state index in [0.29, 0.717) is 0 Å². The first-order valence-corrected chi connectivity index (χ1v) is 6.79. The van der Waals surface area contributed by atoms with Gasteiger partial charge in [-0.2, -0.15) is 0 Å². The molecular formula is C16H23NO4. The second kappa shape index (κ2) is 5.84. The zero-order valence-corrected chi connectivity index (χ0v) is 13.7. The zero-order valence-electron chi connectivity index (χ0n) is 13.7. The fourth-order valence-corrected chi connectivity index (χ4v) is 1.90. The zero-order chi connectivity index (χ0) is 16.4. The molecule has 0 aliphatic rings. The number of ether oxygens (including phenoxy) is 2. The summed E-state index contributed by atoms with van der Waals surface area (Å²) < 4.78 is 9.67. The first kappa shape index (κ1) is 17.1. The number of methoxy groups -OCH3 is 1. The Kier molecular flexibility index (Phi) is 4.76. The van der Waals surface area contributed by atoms with Gasteiger partial charge in [0.2, 0.25) is 0 Å². The van der Waals surface area contributed by atoms with Crippen LogP contribution in [0.15, 0.2) is 17.3 Å². The van der Waals surface area contributed by atoms with Crippen LogP contribution in [0.25, 0.3) is 0 Å². The molecule has 0 saturated carbocycles. The molecule has 0 amide bonds. The van der Waals surface area contributed by atoms with Gasteiger partial charge in [-0.3, -0.25) is 0 Å². The molecule has 5 nitrogen and oxygen atoms in total. The fourth-order valence-electron chi connectivity index (χ4n) is 1.90. The van der Waals surface area contributed by atoms with Crippen molar-refractivity contribution in [2.75, 3.05) is 7.11 Å². The van der Waals surface area contributed by atoms with Gasteiger partial charge >= 0.3 is 6.16 Å². The van der Waals surface area contributed by atoms with Crippen LogP contribution in [-0.4, -0.2) is 13.3 Å². The van der Waals surface area contributed by atoms with Crippen LogP contribution in [0.4, 0.5) is 10.5 Å². The largest absolute Gasteiger partial charge is 0.513 e. The van der Waals surface area contributed by atoms with E-state index < -0.39 is 6.16 Å². The monoisotopic (exact) mass is 293 g/mol. The van der Waals surface area contributed by atoms with Gasteiger partial charge in [0.1, 0.15) is 0 Å². The van der Waals surface area contributed by atoms with E-state index in [-0.39, 0.29) is 22.3 Å². The molecule has 0 N–H and O–H groups in total. The van der Waals surface area contributed by atoms with E-state index in [1.165, 1.54) is 7.11 Å². The Balaban J connectivity index is 3.60. The summed E-state index contributed by atoms with van der Waals surface area (Å²) >= 11 is 0. The van der Waals surface area contributed by atoms with Crippen LogP contribution >= 0.6 is 0 Å². The summed E-state index contributed by atoms with van der Waals surface area (Å²) in [6.45, 7) is 12.1. The molecule has 0 saturated heterocycles. The molecule has 0 aromatic heterocycles. The molecule has 21 heavy (non-hydrogen) atoms. The molecule has 1 aromatic rings. The summed E-state index contributed by atoms with van der Waals surface area (Å²) in [4.78, 5) is 22.6. The summed E-state index contributed by atoms with van der Waals surface area (Å²) in [7, 11) is 1.22. The summed E-state index contributed by atoms with van der Waals surface area (Å²) in [5, 5.41) is 3.02. The van der Waals surface area contributed by atoms with Crippen molar-refractivity contribution in [3.05, 3.63) is 28.2 Å². The Hall–Kier alpha value is -1.91. The highest BCUT2D eigenvalue weighted by molar-refractivity contribution is 5.70. The molecule has 0 bridgehead atoms. The second-order valence-corrected chi connectivity index (χ2v) is 7.02. The van der Waals surface area contributed by atoms with E-state index in [0.717, 1.165) is 11.1 Å². The molecular weight excluding hydrogens is 270 g/mol. The third-order valence-corrected chi connectivity index (χ3v) is 3.19. The van der Waals surface area contributed by atoms with Gasteiger partial charge in [-0.05, 0) is 27.6 Å². The van der Waals surface area contributed by atoms with Gasteiger partial charge in [-0.25, -0.2) is 4.79 Å². The van der Waals surface area contributed by atoms with E-state index in [1.807, 2.05) is 47.6 Å². The van der Waals surface area contributed by atoms with E-state index in [9.17, 15) is 9.70 Å². The lowest BCUT2D eigenvalue weighted by Crippen LogP contribution is -2.19. The topological polar surface area (TPSA) is 65.0 Å². The Morgan fingerprint density at radius 1 is 1.05 bits per heavy atom. The highest BCUT2D eigenvalue weighted by atomic mass is 16.7. The molecule has 0 spiro atoms. The molecule has 0 unspecified atom stereocenters. The summed E-state index contributed by atoms with van der Waals surface area (Å²) in [5.41, 5.74) is 1.35. The van der Waals surface area contributed by atoms with Crippen LogP contribution in [0.1, 0.15) is 52.7 Å². The maximum atomic E-state index is 11.4. The van der Waals surface area contributed by atoms with Crippen molar-refractivity contribution in [2.45, 2.75) is 52.4 Å². The van der Waals surface area contributed by atoms with E-state index in [1.54, 1.807) is 6.07 Å². The molecule has 1 aromatic carbocycles. The van der Waals surface area contributed by atoms with Crippen LogP contribution in [0.2, 0.25) is 0 Å². The van der Waals surface area contributed by atoms with E-state index in [4.69, 9.17) is 4.74 Å². The lowest BCUT2D eigenvalue weighted by Gasteiger charge is -2.27. The van der Waals surface area contributed by atoms with Crippen molar-refractivity contribution in [3.8, 4) is 5.75 Å². The van der Waals surface area contributed by atoms with Crippen LogP contribution < -0.4 is 4.74 Å². The van der Waals surface area contributed by atoms with Gasteiger partial charge in [0.05, 0.1) is 7.11 Å². The molecule has 0 heterocycles. The van der Waals surface area contributed by atoms with Gasteiger partial charge in [-0.15, -0.1) is 4.91 Å². The lowest BCUT2D eigenvalue weighted by molar-refractivity contribution is 0.121. The summed E-state index contributed by atoms with van der Waals surface area (Å²) in [6, 6.07) is 3.60. The number of nitroso groups, excluding NO2 is 1. The van der Waals surface area contributed by atoms with Gasteiger partial charge in [0.15, 0.2) is 11.4 Å². The van der Waals surface area contributed by atoms with Gasteiger partial charge in [0, 0.05) is 5.56 Å². The minimum atomic E-state index is -0.867. The normalized spacial score (nSPS) is 12.0. The standard InChI is InChI=1S/C16H23NO4/c1-15(2,3)10-8-11(16(4,5)6)13(12(9-10)17-19)21-14(18)20-7/h8-9H,1-7H3. The molecule has 0 aliphatic heterocycles. The average Bonchev–Trinajstić information content (AvgIpc) is 2.35.